The molecule has 0 aliphatic carbocycles. The molecule has 0 saturated carbocycles. The van der Waals surface area contributed by atoms with Gasteiger partial charge in [0.1, 0.15) is 18.0 Å². The van der Waals surface area contributed by atoms with Crippen LogP contribution >= 0.6 is 0 Å². The minimum atomic E-state index is -0.0255. The topological polar surface area (TPSA) is 114 Å². The van der Waals surface area contributed by atoms with E-state index in [9.17, 15) is 4.79 Å². The smallest absolute Gasteiger partial charge is 0.236 e. The molecule has 0 aromatic carbocycles. The monoisotopic (exact) mass is 365 g/mol. The Balaban J connectivity index is 1.87. The van der Waals surface area contributed by atoms with E-state index in [4.69, 9.17) is 11.5 Å². The van der Waals surface area contributed by atoms with Gasteiger partial charge in [-0.15, -0.1) is 0 Å². The number of pyridine rings is 1. The van der Waals surface area contributed by atoms with Gasteiger partial charge in [-0.25, -0.2) is 15.0 Å². The molecule has 0 unspecified atom stereocenters. The predicted octanol–water partition coefficient (Wildman–Crippen LogP) is 0.0233. The number of anilines is 2. The number of carbonyl (C=O) groups excluding carboxylic acids is 1. The number of rotatable bonds is 3. The molecule has 1 amide bonds. The Kier molecular flexibility index (Phi) is 5.84. The van der Waals surface area contributed by atoms with Gasteiger partial charge in [-0.2, -0.15) is 0 Å². The summed E-state index contributed by atoms with van der Waals surface area (Å²) in [6.07, 6.45) is 3.97. The number of nitrogens with zero attached hydrogens (tertiary/aromatic N) is 5. The van der Waals surface area contributed by atoms with Crippen molar-refractivity contribution in [2.75, 3.05) is 43.4 Å². The lowest BCUT2D eigenvalue weighted by molar-refractivity contribution is -0.129. The number of piperazine rings is 1. The minimum absolute atomic E-state index is 0.0255. The Labute approximate surface area is 158 Å². The maximum atomic E-state index is 11.8. The first-order chi connectivity index (χ1) is 13.1. The van der Waals surface area contributed by atoms with E-state index in [0.717, 1.165) is 29.1 Å². The Bertz CT molecular complexity index is 862. The quantitative estimate of drug-likeness (QED) is 0.737. The molecule has 8 nitrogen and oxygen atoms in total. The van der Waals surface area contributed by atoms with Crippen LogP contribution in [0.5, 0.6) is 0 Å². The van der Waals surface area contributed by atoms with Crippen LogP contribution in [0.1, 0.15) is 23.7 Å². The molecule has 1 aliphatic rings. The van der Waals surface area contributed by atoms with Crippen molar-refractivity contribution in [1.29, 1.82) is 0 Å². The van der Waals surface area contributed by atoms with E-state index < -0.39 is 0 Å². The fraction of sp³-hybridized carbons (Fsp3) is 0.368. The van der Waals surface area contributed by atoms with Crippen molar-refractivity contribution in [3.8, 4) is 11.8 Å². The van der Waals surface area contributed by atoms with Gasteiger partial charge in [0.25, 0.3) is 0 Å². The normalized spacial score (nSPS) is 13.9. The zero-order valence-corrected chi connectivity index (χ0v) is 15.4. The van der Waals surface area contributed by atoms with Crippen molar-refractivity contribution in [1.82, 2.24) is 19.9 Å². The van der Waals surface area contributed by atoms with Crippen LogP contribution in [0, 0.1) is 11.8 Å². The van der Waals surface area contributed by atoms with E-state index in [2.05, 4.69) is 31.7 Å². The van der Waals surface area contributed by atoms with Crippen molar-refractivity contribution >= 4 is 17.5 Å². The molecule has 0 radical (unpaired) electrons. The van der Waals surface area contributed by atoms with Gasteiger partial charge >= 0.3 is 0 Å². The van der Waals surface area contributed by atoms with Gasteiger partial charge < -0.3 is 21.3 Å². The fourth-order valence-electron chi connectivity index (χ4n) is 2.96. The maximum absolute atomic E-state index is 11.8. The van der Waals surface area contributed by atoms with Crippen molar-refractivity contribution in [3.05, 3.63) is 41.5 Å². The van der Waals surface area contributed by atoms with Crippen LogP contribution in [0.25, 0.3) is 0 Å². The van der Waals surface area contributed by atoms with Gasteiger partial charge in [-0.3, -0.25) is 4.79 Å². The SMILES string of the molecule is CCc1ncnc(N2CCN(C(=O)CN)CC2)c1C#Cc1ccc(N)nc1. The molecule has 0 spiro atoms. The largest absolute Gasteiger partial charge is 0.384 e. The summed E-state index contributed by atoms with van der Waals surface area (Å²) in [6.45, 7) is 4.69. The molecule has 0 bridgehead atoms. The van der Waals surface area contributed by atoms with Crippen LogP contribution in [-0.4, -0.2) is 58.5 Å². The lowest BCUT2D eigenvalue weighted by Gasteiger charge is -2.35. The first-order valence-electron chi connectivity index (χ1n) is 8.92. The fourth-order valence-corrected chi connectivity index (χ4v) is 2.96. The standard InChI is InChI=1S/C19H23N7O/c1-2-16-15(5-3-14-4-6-17(21)22-12-14)19(24-13-23-16)26-9-7-25(8-10-26)18(27)11-20/h4,6,12-13H,2,7-11,20H2,1H3,(H2,21,22). The molecule has 8 heteroatoms. The van der Waals surface area contributed by atoms with Gasteiger partial charge in [0.05, 0.1) is 17.8 Å². The molecule has 2 aromatic rings. The zero-order chi connectivity index (χ0) is 19.2. The number of nitrogens with two attached hydrogens (primary N) is 2. The van der Waals surface area contributed by atoms with E-state index in [1.54, 1.807) is 23.5 Å². The summed E-state index contributed by atoms with van der Waals surface area (Å²) in [4.78, 5) is 28.6. The summed E-state index contributed by atoms with van der Waals surface area (Å²) in [7, 11) is 0. The van der Waals surface area contributed by atoms with Gasteiger partial charge in [0.15, 0.2) is 0 Å². The van der Waals surface area contributed by atoms with E-state index in [-0.39, 0.29) is 12.5 Å². The maximum Gasteiger partial charge on any atom is 0.236 e. The molecule has 3 heterocycles. The first kappa shape index (κ1) is 18.6. The molecule has 2 aromatic heterocycles. The van der Waals surface area contributed by atoms with E-state index in [1.807, 2.05) is 13.0 Å². The number of hydrogen-bond donors (Lipinski definition) is 2. The summed E-state index contributed by atoms with van der Waals surface area (Å²) in [5, 5.41) is 0. The third kappa shape index (κ3) is 4.33. The minimum Gasteiger partial charge on any atom is -0.384 e. The summed E-state index contributed by atoms with van der Waals surface area (Å²) < 4.78 is 0. The lowest BCUT2D eigenvalue weighted by Crippen LogP contribution is -2.50. The number of nitrogen functional groups attached to an aromatic ring is 1. The number of carbonyl (C=O) groups is 1. The first-order valence-corrected chi connectivity index (χ1v) is 8.92. The number of aryl methyl sites for hydroxylation is 1. The van der Waals surface area contributed by atoms with Gasteiger partial charge in [-0.05, 0) is 18.6 Å². The molecular weight excluding hydrogens is 342 g/mol. The summed E-state index contributed by atoms with van der Waals surface area (Å²) >= 11 is 0. The predicted molar refractivity (Wildman–Crippen MR) is 104 cm³/mol. The van der Waals surface area contributed by atoms with E-state index in [1.165, 1.54) is 0 Å². The molecule has 1 saturated heterocycles. The highest BCUT2D eigenvalue weighted by Gasteiger charge is 2.23. The third-order valence-electron chi connectivity index (χ3n) is 4.47. The van der Waals surface area contributed by atoms with Crippen LogP contribution in [-0.2, 0) is 11.2 Å². The molecule has 0 atom stereocenters. The molecule has 3 rings (SSSR count). The van der Waals surface area contributed by atoms with Gasteiger partial charge in [0.2, 0.25) is 5.91 Å². The average Bonchev–Trinajstić information content (AvgIpc) is 2.72. The molecule has 1 aliphatic heterocycles. The second-order valence-electron chi connectivity index (χ2n) is 6.17. The van der Waals surface area contributed by atoms with Crippen LogP contribution in [0.3, 0.4) is 0 Å². The number of amides is 1. The number of aromatic nitrogens is 3. The van der Waals surface area contributed by atoms with Gasteiger partial charge in [-0.1, -0.05) is 18.8 Å². The average molecular weight is 365 g/mol. The highest BCUT2D eigenvalue weighted by molar-refractivity contribution is 5.78. The molecular formula is C19H23N7O. The highest BCUT2D eigenvalue weighted by Crippen LogP contribution is 2.21. The number of hydrogen-bond acceptors (Lipinski definition) is 7. The van der Waals surface area contributed by atoms with Crippen molar-refractivity contribution in [2.45, 2.75) is 13.3 Å². The van der Waals surface area contributed by atoms with Crippen molar-refractivity contribution < 1.29 is 4.79 Å². The van der Waals surface area contributed by atoms with Crippen LogP contribution in [0.4, 0.5) is 11.6 Å². The Morgan fingerprint density at radius 1 is 1.15 bits per heavy atom. The Morgan fingerprint density at radius 2 is 1.93 bits per heavy atom. The molecule has 1 fully saturated rings. The van der Waals surface area contributed by atoms with E-state index in [0.29, 0.717) is 32.0 Å². The van der Waals surface area contributed by atoms with E-state index >= 15 is 0 Å². The Hall–Kier alpha value is -3.18. The lowest BCUT2D eigenvalue weighted by atomic mass is 10.1. The second-order valence-corrected chi connectivity index (χ2v) is 6.17. The van der Waals surface area contributed by atoms with Crippen LogP contribution < -0.4 is 16.4 Å². The highest BCUT2D eigenvalue weighted by atomic mass is 16.2. The van der Waals surface area contributed by atoms with Crippen molar-refractivity contribution in [2.24, 2.45) is 5.73 Å². The van der Waals surface area contributed by atoms with Gasteiger partial charge in [0, 0.05) is 37.9 Å². The summed E-state index contributed by atoms with van der Waals surface area (Å²) in [6, 6.07) is 3.56. The van der Waals surface area contributed by atoms with Crippen LogP contribution in [0.15, 0.2) is 24.7 Å². The second kappa shape index (κ2) is 8.47. The third-order valence-corrected chi connectivity index (χ3v) is 4.47. The van der Waals surface area contributed by atoms with Crippen LogP contribution in [0.2, 0.25) is 0 Å². The molecule has 27 heavy (non-hydrogen) atoms. The molecule has 4 N–H and O–H groups in total. The Morgan fingerprint density at radius 3 is 2.56 bits per heavy atom. The summed E-state index contributed by atoms with van der Waals surface area (Å²) in [5.74, 6) is 7.58. The van der Waals surface area contributed by atoms with Crippen molar-refractivity contribution in [3.63, 3.8) is 0 Å². The summed E-state index contributed by atoms with van der Waals surface area (Å²) in [5.41, 5.74) is 13.6. The zero-order valence-electron chi connectivity index (χ0n) is 15.4. The molecule has 140 valence electrons.